The van der Waals surface area contributed by atoms with Gasteiger partial charge in [-0.3, -0.25) is 4.90 Å². The largest absolute Gasteiger partial charge is 0.312 e. The minimum absolute atomic E-state index is 0.769. The third-order valence-corrected chi connectivity index (χ3v) is 4.55. The summed E-state index contributed by atoms with van der Waals surface area (Å²) in [5.41, 5.74) is 0. The van der Waals surface area contributed by atoms with Crippen molar-refractivity contribution in [3.63, 3.8) is 0 Å². The molecule has 1 aliphatic carbocycles. The molecule has 2 rings (SSSR count). The van der Waals surface area contributed by atoms with Crippen molar-refractivity contribution in [2.75, 3.05) is 19.6 Å². The van der Waals surface area contributed by atoms with Crippen LogP contribution >= 0.6 is 0 Å². The molecule has 0 radical (unpaired) electrons. The van der Waals surface area contributed by atoms with Gasteiger partial charge in [0.25, 0.3) is 0 Å². The third-order valence-electron chi connectivity index (χ3n) is 4.55. The Morgan fingerprint density at radius 2 is 2.00 bits per heavy atom. The summed E-state index contributed by atoms with van der Waals surface area (Å²) < 4.78 is 0. The summed E-state index contributed by atoms with van der Waals surface area (Å²) in [6, 6.07) is 1.56. The van der Waals surface area contributed by atoms with Crippen molar-refractivity contribution in [3.05, 3.63) is 0 Å². The molecule has 1 heterocycles. The van der Waals surface area contributed by atoms with Crippen LogP contribution in [0, 0.1) is 11.8 Å². The molecule has 17 heavy (non-hydrogen) atoms. The molecule has 0 spiro atoms. The summed E-state index contributed by atoms with van der Waals surface area (Å²) in [7, 11) is 0. The number of rotatable bonds is 6. The first kappa shape index (κ1) is 13.4. The monoisotopic (exact) mass is 238 g/mol. The van der Waals surface area contributed by atoms with E-state index in [1.807, 2.05) is 0 Å². The highest BCUT2D eigenvalue weighted by Gasteiger charge is 2.33. The zero-order chi connectivity index (χ0) is 12.3. The highest BCUT2D eigenvalue weighted by atomic mass is 15.2. The third kappa shape index (κ3) is 3.96. The van der Waals surface area contributed by atoms with Gasteiger partial charge in [0.05, 0.1) is 0 Å². The zero-order valence-corrected chi connectivity index (χ0v) is 11.9. The Bertz CT molecular complexity index is 223. The lowest BCUT2D eigenvalue weighted by molar-refractivity contribution is 0.113. The van der Waals surface area contributed by atoms with Gasteiger partial charge in [0.1, 0.15) is 0 Å². The number of nitrogens with zero attached hydrogens (tertiary/aromatic N) is 1. The van der Waals surface area contributed by atoms with Gasteiger partial charge in [0.2, 0.25) is 0 Å². The minimum atomic E-state index is 0.769. The maximum Gasteiger partial charge on any atom is 0.0223 e. The summed E-state index contributed by atoms with van der Waals surface area (Å²) >= 11 is 0. The Morgan fingerprint density at radius 3 is 2.59 bits per heavy atom. The predicted octanol–water partition coefficient (Wildman–Crippen LogP) is 2.89. The second kappa shape index (κ2) is 6.19. The van der Waals surface area contributed by atoms with Gasteiger partial charge in [0.15, 0.2) is 0 Å². The molecule has 1 saturated heterocycles. The van der Waals surface area contributed by atoms with Gasteiger partial charge in [-0.2, -0.15) is 0 Å². The molecule has 1 saturated carbocycles. The quantitative estimate of drug-likeness (QED) is 0.765. The summed E-state index contributed by atoms with van der Waals surface area (Å²) in [5, 5.41) is 3.77. The van der Waals surface area contributed by atoms with Gasteiger partial charge in [-0.1, -0.05) is 13.8 Å². The number of hydrogen-bond acceptors (Lipinski definition) is 2. The van der Waals surface area contributed by atoms with E-state index in [4.69, 9.17) is 0 Å². The van der Waals surface area contributed by atoms with Crippen LogP contribution in [-0.4, -0.2) is 36.6 Å². The standard InChI is InChI=1S/C15H30N2/c1-4-8-16-15(14-5-6-14)11-17-9-7-12(2)10-13(17)3/h12-16H,4-11H2,1-3H3. The fraction of sp³-hybridized carbons (Fsp3) is 1.00. The SMILES string of the molecule is CCCNC(CN1CCC(C)CC1C)C1CC1. The molecule has 3 atom stereocenters. The van der Waals surface area contributed by atoms with Crippen LogP contribution in [0.15, 0.2) is 0 Å². The average Bonchev–Trinajstić information content (AvgIpc) is 3.11. The van der Waals surface area contributed by atoms with E-state index >= 15 is 0 Å². The van der Waals surface area contributed by atoms with Crippen LogP contribution in [-0.2, 0) is 0 Å². The maximum atomic E-state index is 3.77. The van der Waals surface area contributed by atoms with Crippen LogP contribution in [0.1, 0.15) is 52.9 Å². The Balaban J connectivity index is 1.80. The molecule has 0 aromatic heterocycles. The Kier molecular flexibility index (Phi) is 4.87. The van der Waals surface area contributed by atoms with E-state index in [9.17, 15) is 0 Å². The minimum Gasteiger partial charge on any atom is -0.312 e. The molecule has 3 unspecified atom stereocenters. The van der Waals surface area contributed by atoms with E-state index in [0.717, 1.165) is 23.9 Å². The molecule has 1 N–H and O–H groups in total. The van der Waals surface area contributed by atoms with Crippen molar-refractivity contribution >= 4 is 0 Å². The van der Waals surface area contributed by atoms with Crippen molar-refractivity contribution in [2.45, 2.75) is 65.0 Å². The van der Waals surface area contributed by atoms with E-state index in [0.29, 0.717) is 0 Å². The molecule has 2 aliphatic rings. The molecule has 100 valence electrons. The van der Waals surface area contributed by atoms with Gasteiger partial charge < -0.3 is 5.32 Å². The van der Waals surface area contributed by atoms with Crippen molar-refractivity contribution in [1.29, 1.82) is 0 Å². The second-order valence-electron chi connectivity index (χ2n) is 6.37. The van der Waals surface area contributed by atoms with Gasteiger partial charge in [-0.25, -0.2) is 0 Å². The summed E-state index contributed by atoms with van der Waals surface area (Å²) in [5.74, 6) is 1.91. The van der Waals surface area contributed by atoms with E-state index in [1.165, 1.54) is 51.7 Å². The lowest BCUT2D eigenvalue weighted by Gasteiger charge is -2.38. The second-order valence-corrected chi connectivity index (χ2v) is 6.37. The molecule has 1 aliphatic heterocycles. The van der Waals surface area contributed by atoms with Crippen LogP contribution < -0.4 is 5.32 Å². The molecule has 2 heteroatoms. The normalized spacial score (nSPS) is 32.6. The molecule has 0 aromatic rings. The van der Waals surface area contributed by atoms with Crippen molar-refractivity contribution in [2.24, 2.45) is 11.8 Å². The molecular weight excluding hydrogens is 208 g/mol. The summed E-state index contributed by atoms with van der Waals surface area (Å²) in [6.45, 7) is 10.9. The van der Waals surface area contributed by atoms with Crippen LogP contribution in [0.3, 0.4) is 0 Å². The van der Waals surface area contributed by atoms with Crippen molar-refractivity contribution in [1.82, 2.24) is 10.2 Å². The predicted molar refractivity (Wildman–Crippen MR) is 74.2 cm³/mol. The van der Waals surface area contributed by atoms with Crippen LogP contribution in [0.5, 0.6) is 0 Å². The topological polar surface area (TPSA) is 15.3 Å². The van der Waals surface area contributed by atoms with E-state index < -0.39 is 0 Å². The molecular formula is C15H30N2. The Morgan fingerprint density at radius 1 is 1.24 bits per heavy atom. The first-order valence-electron chi connectivity index (χ1n) is 7.68. The van der Waals surface area contributed by atoms with Gasteiger partial charge in [-0.15, -0.1) is 0 Å². The smallest absolute Gasteiger partial charge is 0.0223 e. The summed E-state index contributed by atoms with van der Waals surface area (Å²) in [6.07, 6.45) is 6.97. The molecule has 0 amide bonds. The summed E-state index contributed by atoms with van der Waals surface area (Å²) in [4.78, 5) is 2.73. The Labute approximate surface area is 107 Å². The highest BCUT2D eigenvalue weighted by molar-refractivity contribution is 4.90. The van der Waals surface area contributed by atoms with Gasteiger partial charge in [0, 0.05) is 18.6 Å². The van der Waals surface area contributed by atoms with E-state index in [1.54, 1.807) is 0 Å². The number of likely N-dealkylation sites (tertiary alicyclic amines) is 1. The lowest BCUT2D eigenvalue weighted by atomic mass is 9.93. The number of piperidine rings is 1. The maximum absolute atomic E-state index is 3.77. The van der Waals surface area contributed by atoms with Gasteiger partial charge >= 0.3 is 0 Å². The highest BCUT2D eigenvalue weighted by Crippen LogP contribution is 2.34. The lowest BCUT2D eigenvalue weighted by Crippen LogP contribution is -2.48. The van der Waals surface area contributed by atoms with Crippen LogP contribution in [0.4, 0.5) is 0 Å². The van der Waals surface area contributed by atoms with E-state index in [2.05, 4.69) is 31.0 Å². The van der Waals surface area contributed by atoms with Gasteiger partial charge in [-0.05, 0) is 64.0 Å². The zero-order valence-electron chi connectivity index (χ0n) is 11.9. The van der Waals surface area contributed by atoms with Crippen LogP contribution in [0.25, 0.3) is 0 Å². The first-order valence-corrected chi connectivity index (χ1v) is 7.68. The number of nitrogens with one attached hydrogen (secondary N) is 1. The molecule has 0 aromatic carbocycles. The fourth-order valence-corrected chi connectivity index (χ4v) is 3.19. The number of hydrogen-bond donors (Lipinski definition) is 1. The Hall–Kier alpha value is -0.0800. The van der Waals surface area contributed by atoms with Crippen molar-refractivity contribution in [3.8, 4) is 0 Å². The average molecular weight is 238 g/mol. The molecule has 0 bridgehead atoms. The van der Waals surface area contributed by atoms with E-state index in [-0.39, 0.29) is 0 Å². The molecule has 2 nitrogen and oxygen atoms in total. The van der Waals surface area contributed by atoms with Crippen molar-refractivity contribution < 1.29 is 0 Å². The van der Waals surface area contributed by atoms with Crippen LogP contribution in [0.2, 0.25) is 0 Å². The fourth-order valence-electron chi connectivity index (χ4n) is 3.19. The molecule has 2 fully saturated rings. The first-order chi connectivity index (χ1) is 8.20.